The Balaban J connectivity index is 2.09. The van der Waals surface area contributed by atoms with Gasteiger partial charge in [0.2, 0.25) is 5.78 Å². The monoisotopic (exact) mass is 432 g/mol. The number of phenols is 1. The molecule has 6 atom stereocenters. The third-order valence-corrected chi connectivity index (χ3v) is 6.56. The predicted octanol–water partition coefficient (Wildman–Crippen LogP) is -2.00. The molecule has 164 valence electrons. The molecule has 1 aromatic carbocycles. The molecule has 11 heteroatoms. The number of benzene rings is 1. The Morgan fingerprint density at radius 3 is 2.32 bits per heavy atom. The zero-order valence-corrected chi connectivity index (χ0v) is 16.1. The molecule has 3 aliphatic rings. The number of carbonyl (C=O) groups excluding carboxylic acids is 3. The maximum Gasteiger partial charge on any atom is 0.255 e. The third-order valence-electron chi connectivity index (χ3n) is 6.56. The predicted molar refractivity (Wildman–Crippen MR) is 102 cm³/mol. The lowest BCUT2D eigenvalue weighted by Gasteiger charge is -2.54. The molecule has 0 bridgehead atoms. The van der Waals surface area contributed by atoms with Crippen LogP contribution < -0.4 is 11.5 Å². The van der Waals surface area contributed by atoms with Crippen molar-refractivity contribution in [2.45, 2.75) is 30.3 Å². The highest BCUT2D eigenvalue weighted by atomic mass is 16.4. The molecule has 1 saturated carbocycles. The van der Waals surface area contributed by atoms with Crippen LogP contribution >= 0.6 is 0 Å². The van der Waals surface area contributed by atoms with Gasteiger partial charge in [-0.15, -0.1) is 0 Å². The summed E-state index contributed by atoms with van der Waals surface area (Å²) in [6.07, 6.45) is -1.94. The van der Waals surface area contributed by atoms with Gasteiger partial charge in [0.05, 0.1) is 40.7 Å². The number of phenolic OH excluding ortho intramolecular Hbond substituents is 1. The molecule has 0 saturated heterocycles. The van der Waals surface area contributed by atoms with Crippen molar-refractivity contribution in [1.82, 2.24) is 0 Å². The molecule has 0 radical (unpaired) electrons. The first-order valence-corrected chi connectivity index (χ1v) is 9.26. The number of primary amides is 1. The first-order chi connectivity index (χ1) is 14.3. The number of ketones is 2. The fourth-order valence-corrected chi connectivity index (χ4v) is 5.12. The van der Waals surface area contributed by atoms with E-state index in [1.807, 2.05) is 0 Å². The van der Waals surface area contributed by atoms with Gasteiger partial charge in [0.25, 0.3) is 5.91 Å². The number of fused-ring (bicyclic) bond motifs is 3. The first-order valence-electron chi connectivity index (χ1n) is 9.26. The van der Waals surface area contributed by atoms with Crippen LogP contribution in [0.15, 0.2) is 35.1 Å². The molecule has 1 fully saturated rings. The first kappa shape index (κ1) is 21.0. The number of amides is 1. The average Bonchev–Trinajstić information content (AvgIpc) is 2.67. The van der Waals surface area contributed by atoms with Gasteiger partial charge in [-0.2, -0.15) is 0 Å². The molecule has 11 nitrogen and oxygen atoms in total. The van der Waals surface area contributed by atoms with Gasteiger partial charge in [0, 0.05) is 0 Å². The van der Waals surface area contributed by atoms with E-state index in [0.29, 0.717) is 0 Å². The van der Waals surface area contributed by atoms with Crippen LogP contribution in [0.3, 0.4) is 0 Å². The topological polar surface area (TPSA) is 225 Å². The number of Topliss-reactive ketones (excluding diaryl/α,β-unsaturated/α-hetero) is 2. The number of aliphatic hydroxyl groups is 5. The molecular formula is C20H20N2O9. The van der Waals surface area contributed by atoms with E-state index in [1.54, 1.807) is 0 Å². The molecule has 10 N–H and O–H groups in total. The largest absolute Gasteiger partial charge is 0.508 e. The molecular weight excluding hydrogens is 412 g/mol. The number of carbonyl (C=O) groups is 3. The summed E-state index contributed by atoms with van der Waals surface area (Å²) in [5.74, 6) is -10.3. The molecule has 1 aromatic rings. The number of rotatable bonds is 1. The van der Waals surface area contributed by atoms with Gasteiger partial charge in [-0.05, 0) is 18.6 Å². The molecule has 0 heterocycles. The van der Waals surface area contributed by atoms with E-state index in [1.165, 1.54) is 25.1 Å². The summed E-state index contributed by atoms with van der Waals surface area (Å²) in [6.45, 7) is 1.21. The van der Waals surface area contributed by atoms with Crippen LogP contribution in [0.4, 0.5) is 0 Å². The average molecular weight is 432 g/mol. The lowest BCUT2D eigenvalue weighted by molar-refractivity contribution is -0.175. The van der Waals surface area contributed by atoms with Crippen LogP contribution in [0, 0.1) is 11.8 Å². The van der Waals surface area contributed by atoms with Gasteiger partial charge in [0.15, 0.2) is 11.4 Å². The van der Waals surface area contributed by atoms with Crippen LogP contribution in [-0.4, -0.2) is 65.9 Å². The van der Waals surface area contributed by atoms with Crippen molar-refractivity contribution in [3.05, 3.63) is 46.2 Å². The Labute approximate surface area is 174 Å². The van der Waals surface area contributed by atoms with Crippen LogP contribution in [0.5, 0.6) is 5.75 Å². The van der Waals surface area contributed by atoms with E-state index >= 15 is 0 Å². The van der Waals surface area contributed by atoms with Crippen molar-refractivity contribution in [2.24, 2.45) is 23.3 Å². The number of hydrogen-bond acceptors (Lipinski definition) is 10. The van der Waals surface area contributed by atoms with Crippen molar-refractivity contribution in [3.63, 3.8) is 0 Å². The normalized spacial score (nSPS) is 37.3. The zero-order chi connectivity index (χ0) is 23.2. The van der Waals surface area contributed by atoms with E-state index in [2.05, 4.69) is 0 Å². The second-order valence-electron chi connectivity index (χ2n) is 8.18. The van der Waals surface area contributed by atoms with Crippen LogP contribution in [0.25, 0.3) is 5.76 Å². The summed E-state index contributed by atoms with van der Waals surface area (Å²) < 4.78 is 0. The van der Waals surface area contributed by atoms with Gasteiger partial charge in [-0.25, -0.2) is 0 Å². The second kappa shape index (κ2) is 6.14. The highest BCUT2D eigenvalue weighted by Gasteiger charge is 2.69. The van der Waals surface area contributed by atoms with Crippen molar-refractivity contribution >= 4 is 23.2 Å². The summed E-state index contributed by atoms with van der Waals surface area (Å²) in [5.41, 5.74) is 3.65. The summed E-state index contributed by atoms with van der Waals surface area (Å²) in [7, 11) is 0. The molecule has 5 unspecified atom stereocenters. The number of aliphatic hydroxyl groups excluding tert-OH is 3. The van der Waals surface area contributed by atoms with Gasteiger partial charge < -0.3 is 42.1 Å². The minimum Gasteiger partial charge on any atom is -0.508 e. The molecule has 0 aromatic heterocycles. The lowest BCUT2D eigenvalue weighted by Crippen LogP contribution is -2.71. The second-order valence-corrected chi connectivity index (χ2v) is 8.18. The lowest BCUT2D eigenvalue weighted by atomic mass is 9.53. The van der Waals surface area contributed by atoms with Gasteiger partial charge in [-0.3, -0.25) is 14.4 Å². The highest BCUT2D eigenvalue weighted by molar-refractivity contribution is 6.24. The van der Waals surface area contributed by atoms with Crippen molar-refractivity contribution in [2.75, 3.05) is 0 Å². The molecule has 1 amide bonds. The number of hydrogen-bond donors (Lipinski definition) is 8. The summed E-state index contributed by atoms with van der Waals surface area (Å²) in [6, 6.07) is 2.07. The zero-order valence-electron chi connectivity index (χ0n) is 16.1. The Kier molecular flexibility index (Phi) is 4.16. The standard InChI is InChI=1S/C20H20N2O9/c1-19(30)5-3-2-4-6(23)7(5)13(24)8-10(19)15(26)11-12(21)14(25)9(18(22)29)17(28)20(11,31)16(8)27/h2-4,10-12,15,23-24,26,28,30-31H,21H2,1H3,(H2,22,29)/t10?,11?,12-,15?,19?,20?/m0/s1. The SMILES string of the molecule is CC1(O)c2cccc(O)c2C(O)=C2C(=O)C3(O)C(O)=C(C(N)=O)C(=O)[C@@H](N)C3C(O)C21. The van der Waals surface area contributed by atoms with Gasteiger partial charge >= 0.3 is 0 Å². The van der Waals surface area contributed by atoms with E-state index < -0.39 is 81.1 Å². The van der Waals surface area contributed by atoms with E-state index in [9.17, 15) is 45.0 Å². The quantitative estimate of drug-likeness (QED) is 0.228. The Bertz CT molecular complexity index is 1140. The van der Waals surface area contributed by atoms with Crippen LogP contribution in [0.1, 0.15) is 18.1 Å². The molecule has 4 rings (SSSR count). The smallest absolute Gasteiger partial charge is 0.255 e. The van der Waals surface area contributed by atoms with E-state index in [4.69, 9.17) is 11.5 Å². The van der Waals surface area contributed by atoms with Crippen LogP contribution in [-0.2, 0) is 20.0 Å². The fraction of sp³-hybridized carbons (Fsp3) is 0.350. The third kappa shape index (κ3) is 2.28. The molecule has 0 spiro atoms. The highest BCUT2D eigenvalue weighted by Crippen LogP contribution is 2.56. The maximum absolute atomic E-state index is 13.4. The summed E-state index contributed by atoms with van der Waals surface area (Å²) >= 11 is 0. The Morgan fingerprint density at radius 1 is 1.13 bits per heavy atom. The fourth-order valence-electron chi connectivity index (χ4n) is 5.12. The number of aromatic hydroxyl groups is 1. The van der Waals surface area contributed by atoms with Crippen molar-refractivity contribution < 1.29 is 45.0 Å². The molecule has 31 heavy (non-hydrogen) atoms. The molecule has 3 aliphatic carbocycles. The number of nitrogens with two attached hydrogens (primary N) is 2. The van der Waals surface area contributed by atoms with Crippen molar-refractivity contribution in [3.8, 4) is 5.75 Å². The summed E-state index contributed by atoms with van der Waals surface area (Å²) in [4.78, 5) is 37.6. The van der Waals surface area contributed by atoms with Crippen LogP contribution in [0.2, 0.25) is 0 Å². The van der Waals surface area contributed by atoms with Gasteiger partial charge in [0.1, 0.15) is 22.8 Å². The van der Waals surface area contributed by atoms with Crippen molar-refractivity contribution in [1.29, 1.82) is 0 Å². The molecule has 0 aliphatic heterocycles. The minimum absolute atomic E-state index is 0.0238. The Morgan fingerprint density at radius 2 is 1.74 bits per heavy atom. The van der Waals surface area contributed by atoms with E-state index in [-0.39, 0.29) is 11.1 Å². The Hall–Kier alpha value is -3.25. The van der Waals surface area contributed by atoms with E-state index in [0.717, 1.165) is 0 Å². The summed E-state index contributed by atoms with van der Waals surface area (Å²) in [5, 5.41) is 65.1. The minimum atomic E-state index is -3.09. The van der Waals surface area contributed by atoms with Gasteiger partial charge in [-0.1, -0.05) is 12.1 Å². The maximum atomic E-state index is 13.4.